The fraction of sp³-hybridized carbons (Fsp3) is 0.720. The van der Waals surface area contributed by atoms with Crippen LogP contribution in [-0.2, 0) is 5.41 Å². The van der Waals surface area contributed by atoms with Crippen LogP contribution < -0.4 is 11.1 Å². The Morgan fingerprint density at radius 1 is 1.04 bits per heavy atom. The number of hydrogen-bond acceptors (Lipinski definition) is 2. The van der Waals surface area contributed by atoms with E-state index < -0.39 is 0 Å². The Kier molecular flexibility index (Phi) is 4.83. The summed E-state index contributed by atoms with van der Waals surface area (Å²) in [5.74, 6) is 3.28. The Labute approximate surface area is 176 Å². The Morgan fingerprint density at radius 3 is 2.29 bits per heavy atom. The molecule has 1 aromatic rings. The second-order valence-electron chi connectivity index (χ2n) is 10.7. The van der Waals surface area contributed by atoms with E-state index in [-0.39, 0.29) is 5.41 Å². The molecule has 4 bridgehead atoms. The van der Waals surface area contributed by atoms with Crippen molar-refractivity contribution in [3.63, 3.8) is 0 Å². The maximum atomic E-state index is 6.19. The first-order valence-corrected chi connectivity index (χ1v) is 12.0. The quantitative estimate of drug-likeness (QED) is 0.687. The zero-order chi connectivity index (χ0) is 19.4. The van der Waals surface area contributed by atoms with Crippen molar-refractivity contribution in [1.29, 1.82) is 0 Å². The van der Waals surface area contributed by atoms with Crippen molar-refractivity contribution in [2.45, 2.75) is 76.2 Å². The van der Waals surface area contributed by atoms with Crippen LogP contribution in [0, 0.1) is 29.1 Å². The standard InChI is InChI=1S/C25H36N2S/c1-17-19-11-24(21-5-3-2-4-6-21)12-20(17)14-25(13-19,16-24)23(28)27-22-9-7-18(15-26)8-10-22/h2-6,17-20,22H,7-16,26H2,1H3,(H,27,28). The summed E-state index contributed by atoms with van der Waals surface area (Å²) in [4.78, 5) is 1.21. The summed E-state index contributed by atoms with van der Waals surface area (Å²) >= 11 is 6.19. The Balaban J connectivity index is 1.38. The van der Waals surface area contributed by atoms with E-state index in [0.717, 1.165) is 30.2 Å². The average molecular weight is 397 g/mol. The summed E-state index contributed by atoms with van der Waals surface area (Å²) in [5.41, 5.74) is 8.07. The van der Waals surface area contributed by atoms with Gasteiger partial charge in [0.1, 0.15) is 0 Å². The predicted octanol–water partition coefficient (Wildman–Crippen LogP) is 5.21. The monoisotopic (exact) mass is 396 g/mol. The van der Waals surface area contributed by atoms with Crippen LogP contribution in [0.15, 0.2) is 30.3 Å². The first-order valence-electron chi connectivity index (χ1n) is 11.6. The zero-order valence-corrected chi connectivity index (χ0v) is 18.1. The highest BCUT2D eigenvalue weighted by atomic mass is 32.1. The molecule has 5 aliphatic carbocycles. The van der Waals surface area contributed by atoms with Crippen molar-refractivity contribution in [1.82, 2.24) is 5.32 Å². The number of nitrogens with one attached hydrogen (secondary N) is 1. The molecule has 0 spiro atoms. The highest BCUT2D eigenvalue weighted by Gasteiger charge is 2.61. The van der Waals surface area contributed by atoms with E-state index >= 15 is 0 Å². The molecule has 152 valence electrons. The van der Waals surface area contributed by atoms with Crippen molar-refractivity contribution in [3.8, 4) is 0 Å². The van der Waals surface area contributed by atoms with Gasteiger partial charge in [0.25, 0.3) is 0 Å². The lowest BCUT2D eigenvalue weighted by molar-refractivity contribution is -0.0749. The Hall–Kier alpha value is -0.930. The second-order valence-corrected chi connectivity index (χ2v) is 11.1. The SMILES string of the molecule is CC1C2CC3(C(=S)NC4CCC(CN)CC4)CC1CC(c1ccccc1)(C2)C3. The van der Waals surface area contributed by atoms with Gasteiger partial charge in [-0.05, 0) is 99.0 Å². The predicted molar refractivity (Wildman–Crippen MR) is 120 cm³/mol. The summed E-state index contributed by atoms with van der Waals surface area (Å²) in [5, 5.41) is 3.89. The number of rotatable bonds is 4. The molecule has 0 amide bonds. The van der Waals surface area contributed by atoms with Crippen LogP contribution in [0.2, 0.25) is 0 Å². The molecule has 5 fully saturated rings. The molecular formula is C25H36N2S. The number of benzene rings is 1. The Morgan fingerprint density at radius 2 is 1.68 bits per heavy atom. The molecule has 0 aromatic heterocycles. The highest BCUT2D eigenvalue weighted by molar-refractivity contribution is 7.80. The van der Waals surface area contributed by atoms with E-state index in [2.05, 4.69) is 42.6 Å². The lowest BCUT2D eigenvalue weighted by Crippen LogP contribution is -2.61. The van der Waals surface area contributed by atoms with Crippen LogP contribution in [0.3, 0.4) is 0 Å². The molecule has 2 unspecified atom stereocenters. The first kappa shape index (κ1) is 19.1. The van der Waals surface area contributed by atoms with Gasteiger partial charge in [0.05, 0.1) is 4.99 Å². The molecule has 28 heavy (non-hydrogen) atoms. The highest BCUT2D eigenvalue weighted by Crippen LogP contribution is 2.67. The molecule has 6 rings (SSSR count). The van der Waals surface area contributed by atoms with Crippen LogP contribution >= 0.6 is 12.2 Å². The van der Waals surface area contributed by atoms with Crippen molar-refractivity contribution in [2.75, 3.05) is 6.54 Å². The van der Waals surface area contributed by atoms with Crippen LogP contribution in [0.4, 0.5) is 0 Å². The zero-order valence-electron chi connectivity index (χ0n) is 17.3. The molecule has 3 heteroatoms. The van der Waals surface area contributed by atoms with Gasteiger partial charge in [-0.25, -0.2) is 0 Å². The minimum Gasteiger partial charge on any atom is -0.376 e. The van der Waals surface area contributed by atoms with Crippen molar-refractivity contribution >= 4 is 17.2 Å². The second kappa shape index (κ2) is 7.09. The number of thiocarbonyl (C=S) groups is 1. The summed E-state index contributed by atoms with van der Waals surface area (Å²) < 4.78 is 0. The molecule has 5 aliphatic rings. The normalized spacial score (nSPS) is 44.4. The Bertz CT molecular complexity index is 705. The molecule has 1 aromatic carbocycles. The van der Waals surface area contributed by atoms with Crippen LogP contribution in [-0.4, -0.2) is 17.6 Å². The van der Waals surface area contributed by atoms with Gasteiger partial charge in [0, 0.05) is 11.5 Å². The van der Waals surface area contributed by atoms with E-state index in [4.69, 9.17) is 18.0 Å². The molecule has 3 N–H and O–H groups in total. The lowest BCUT2D eigenvalue weighted by atomic mass is 9.40. The number of nitrogens with two attached hydrogens (primary N) is 1. The van der Waals surface area contributed by atoms with Gasteiger partial charge in [-0.1, -0.05) is 49.5 Å². The smallest absolute Gasteiger partial charge is 0.0818 e. The molecule has 2 atom stereocenters. The van der Waals surface area contributed by atoms with Crippen LogP contribution in [0.1, 0.15) is 70.3 Å². The average Bonchev–Trinajstić information content (AvgIpc) is 2.72. The minimum absolute atomic E-state index is 0.244. The van der Waals surface area contributed by atoms with E-state index in [0.29, 0.717) is 11.5 Å². The first-order chi connectivity index (χ1) is 13.5. The van der Waals surface area contributed by atoms with Crippen molar-refractivity contribution < 1.29 is 0 Å². The van der Waals surface area contributed by atoms with E-state index in [9.17, 15) is 0 Å². The topological polar surface area (TPSA) is 38.0 Å². The third-order valence-corrected chi connectivity index (χ3v) is 9.71. The van der Waals surface area contributed by atoms with E-state index in [1.54, 1.807) is 5.56 Å². The van der Waals surface area contributed by atoms with E-state index in [1.165, 1.54) is 62.8 Å². The van der Waals surface area contributed by atoms with Gasteiger partial charge in [0.15, 0.2) is 0 Å². The molecule has 0 heterocycles. The van der Waals surface area contributed by atoms with Crippen LogP contribution in [0.5, 0.6) is 0 Å². The maximum Gasteiger partial charge on any atom is 0.0818 e. The lowest BCUT2D eigenvalue weighted by Gasteiger charge is -2.65. The van der Waals surface area contributed by atoms with Gasteiger partial charge >= 0.3 is 0 Å². The fourth-order valence-corrected chi connectivity index (χ4v) is 8.07. The summed E-state index contributed by atoms with van der Waals surface area (Å²) in [6.45, 7) is 3.37. The third-order valence-electron chi connectivity index (χ3n) is 9.16. The maximum absolute atomic E-state index is 6.19. The van der Waals surface area contributed by atoms with Crippen molar-refractivity contribution in [3.05, 3.63) is 35.9 Å². The van der Waals surface area contributed by atoms with E-state index in [1.807, 2.05) is 0 Å². The van der Waals surface area contributed by atoms with Gasteiger partial charge in [-0.3, -0.25) is 0 Å². The molecule has 2 nitrogen and oxygen atoms in total. The largest absolute Gasteiger partial charge is 0.376 e. The van der Waals surface area contributed by atoms with Gasteiger partial charge < -0.3 is 11.1 Å². The summed E-state index contributed by atoms with van der Waals surface area (Å²) in [6, 6.07) is 12.0. The van der Waals surface area contributed by atoms with Crippen LogP contribution in [0.25, 0.3) is 0 Å². The number of hydrogen-bond donors (Lipinski definition) is 2. The molecule has 0 saturated heterocycles. The summed E-state index contributed by atoms with van der Waals surface area (Å²) in [6.07, 6.45) is 11.7. The van der Waals surface area contributed by atoms with Crippen molar-refractivity contribution in [2.24, 2.45) is 34.8 Å². The van der Waals surface area contributed by atoms with Gasteiger partial charge in [-0.2, -0.15) is 0 Å². The minimum atomic E-state index is 0.244. The molecule has 5 saturated carbocycles. The third kappa shape index (κ3) is 3.04. The van der Waals surface area contributed by atoms with Gasteiger partial charge in [-0.15, -0.1) is 0 Å². The molecule has 0 aliphatic heterocycles. The van der Waals surface area contributed by atoms with Gasteiger partial charge in [0.2, 0.25) is 0 Å². The summed E-state index contributed by atoms with van der Waals surface area (Å²) in [7, 11) is 0. The molecular weight excluding hydrogens is 360 g/mol. The molecule has 0 radical (unpaired) electrons. The fourth-order valence-electron chi connectivity index (χ4n) is 7.66.